The molecular weight excluding hydrogens is 324 g/mol. The molecule has 2 aromatic rings. The smallest absolute Gasteiger partial charge is 0.137 e. The van der Waals surface area contributed by atoms with E-state index in [9.17, 15) is 0 Å². The number of piperidine rings is 1. The molecule has 0 N–H and O–H groups in total. The van der Waals surface area contributed by atoms with Gasteiger partial charge in [0.15, 0.2) is 0 Å². The van der Waals surface area contributed by atoms with Gasteiger partial charge in [0.1, 0.15) is 5.82 Å². The van der Waals surface area contributed by atoms with E-state index in [1.54, 1.807) is 11.3 Å². The maximum atomic E-state index is 5.80. The average Bonchev–Trinajstić information content (AvgIpc) is 2.94. The summed E-state index contributed by atoms with van der Waals surface area (Å²) in [4.78, 5) is 6.97. The van der Waals surface area contributed by atoms with Crippen LogP contribution < -0.4 is 4.90 Å². The van der Waals surface area contributed by atoms with Crippen LogP contribution in [-0.4, -0.2) is 36.1 Å². The molecule has 0 saturated carbocycles. The van der Waals surface area contributed by atoms with Crippen LogP contribution in [0, 0.1) is 0 Å². The van der Waals surface area contributed by atoms with Crippen molar-refractivity contribution in [2.75, 3.05) is 29.9 Å². The molecule has 0 radical (unpaired) electrons. The third kappa shape index (κ3) is 2.93. The van der Waals surface area contributed by atoms with Crippen molar-refractivity contribution in [3.05, 3.63) is 23.7 Å². The molecule has 0 spiro atoms. The summed E-state index contributed by atoms with van der Waals surface area (Å²) in [5, 5.41) is 4.34. The van der Waals surface area contributed by atoms with E-state index in [4.69, 9.17) is 4.74 Å². The van der Waals surface area contributed by atoms with E-state index >= 15 is 0 Å². The average molecular weight is 341 g/mol. The number of thiophene rings is 1. The van der Waals surface area contributed by atoms with E-state index in [2.05, 4.69) is 43.3 Å². The van der Waals surface area contributed by atoms with Crippen molar-refractivity contribution in [2.24, 2.45) is 0 Å². The van der Waals surface area contributed by atoms with Crippen LogP contribution in [0.15, 0.2) is 23.7 Å². The van der Waals surface area contributed by atoms with E-state index < -0.39 is 0 Å². The summed E-state index contributed by atoms with van der Waals surface area (Å²) >= 11 is 5.18. The first-order chi connectivity index (χ1) is 9.38. The van der Waals surface area contributed by atoms with Crippen molar-refractivity contribution in [3.8, 4) is 0 Å². The van der Waals surface area contributed by atoms with Crippen LogP contribution in [0.25, 0.3) is 10.1 Å². The summed E-state index contributed by atoms with van der Waals surface area (Å²) in [5.41, 5.74) is 0. The summed E-state index contributed by atoms with van der Waals surface area (Å²) in [6, 6.07) is 4.27. The van der Waals surface area contributed by atoms with E-state index in [0.29, 0.717) is 6.10 Å². The van der Waals surface area contributed by atoms with Gasteiger partial charge in [-0.05, 0) is 30.4 Å². The van der Waals surface area contributed by atoms with Crippen molar-refractivity contribution >= 4 is 43.2 Å². The Morgan fingerprint density at radius 1 is 1.37 bits per heavy atom. The Labute approximate surface area is 125 Å². The van der Waals surface area contributed by atoms with Gasteiger partial charge in [-0.3, -0.25) is 0 Å². The summed E-state index contributed by atoms with van der Waals surface area (Å²) in [5.74, 6) is 1.14. The molecule has 102 valence electrons. The number of anilines is 1. The molecule has 2 aromatic heterocycles. The predicted octanol–water partition coefficient (Wildman–Crippen LogP) is 3.68. The Morgan fingerprint density at radius 3 is 3.00 bits per heavy atom. The molecule has 0 amide bonds. The molecule has 1 aliphatic rings. The summed E-state index contributed by atoms with van der Waals surface area (Å²) < 4.78 is 7.12. The van der Waals surface area contributed by atoms with E-state index in [1.807, 2.05) is 6.20 Å². The van der Waals surface area contributed by atoms with Gasteiger partial charge in [-0.2, -0.15) is 0 Å². The number of nitrogens with zero attached hydrogens (tertiary/aromatic N) is 2. The van der Waals surface area contributed by atoms with Crippen molar-refractivity contribution in [1.82, 2.24) is 4.98 Å². The molecule has 1 aliphatic heterocycles. The SMILES string of the molecule is BrCCOC1CCN(c2nccc3sccc23)CC1. The lowest BCUT2D eigenvalue weighted by Gasteiger charge is -2.33. The fraction of sp³-hybridized carbons (Fsp3) is 0.500. The van der Waals surface area contributed by atoms with Crippen LogP contribution in [0.5, 0.6) is 0 Å². The molecule has 3 heterocycles. The molecule has 3 nitrogen and oxygen atoms in total. The lowest BCUT2D eigenvalue weighted by molar-refractivity contribution is 0.0480. The first-order valence-electron chi connectivity index (χ1n) is 6.63. The van der Waals surface area contributed by atoms with Crippen LogP contribution in [0.3, 0.4) is 0 Å². The number of aromatic nitrogens is 1. The van der Waals surface area contributed by atoms with Crippen molar-refractivity contribution < 1.29 is 4.74 Å². The highest BCUT2D eigenvalue weighted by Gasteiger charge is 2.21. The Kier molecular flexibility index (Phi) is 4.35. The van der Waals surface area contributed by atoms with E-state index in [-0.39, 0.29) is 0 Å². The molecule has 5 heteroatoms. The number of ether oxygens (including phenoxy) is 1. The van der Waals surface area contributed by atoms with Gasteiger partial charge in [-0.1, -0.05) is 15.9 Å². The monoisotopic (exact) mass is 340 g/mol. The number of pyridine rings is 1. The van der Waals surface area contributed by atoms with Crippen LogP contribution in [0.4, 0.5) is 5.82 Å². The molecule has 1 saturated heterocycles. The standard InChI is InChI=1S/C14H17BrN2OS/c15-5-9-18-11-2-7-17(8-3-11)14-12-4-10-19-13(12)1-6-16-14/h1,4,6,10-11H,2-3,5,7-9H2. The Hall–Kier alpha value is -0.650. The minimum Gasteiger partial charge on any atom is -0.377 e. The van der Waals surface area contributed by atoms with Crippen molar-refractivity contribution in [2.45, 2.75) is 18.9 Å². The first-order valence-corrected chi connectivity index (χ1v) is 8.63. The minimum absolute atomic E-state index is 0.412. The molecule has 0 aliphatic carbocycles. The fourth-order valence-corrected chi connectivity index (χ4v) is 3.54. The highest BCUT2D eigenvalue weighted by atomic mass is 79.9. The second-order valence-electron chi connectivity index (χ2n) is 4.71. The first kappa shape index (κ1) is 13.3. The number of hydrogen-bond acceptors (Lipinski definition) is 4. The van der Waals surface area contributed by atoms with Crippen LogP contribution in [-0.2, 0) is 4.74 Å². The molecule has 0 aromatic carbocycles. The molecule has 19 heavy (non-hydrogen) atoms. The van der Waals surface area contributed by atoms with Gasteiger partial charge >= 0.3 is 0 Å². The third-order valence-electron chi connectivity index (χ3n) is 3.53. The zero-order chi connectivity index (χ0) is 13.1. The van der Waals surface area contributed by atoms with Crippen molar-refractivity contribution in [1.29, 1.82) is 0 Å². The predicted molar refractivity (Wildman–Crippen MR) is 84.6 cm³/mol. The Morgan fingerprint density at radius 2 is 2.21 bits per heavy atom. The third-order valence-corrected chi connectivity index (χ3v) is 4.74. The zero-order valence-corrected chi connectivity index (χ0v) is 13.1. The number of halogens is 1. The highest BCUT2D eigenvalue weighted by molar-refractivity contribution is 9.09. The van der Waals surface area contributed by atoms with Gasteiger partial charge in [0, 0.05) is 34.7 Å². The van der Waals surface area contributed by atoms with Gasteiger partial charge in [0.05, 0.1) is 12.7 Å². The maximum Gasteiger partial charge on any atom is 0.137 e. The van der Waals surface area contributed by atoms with Gasteiger partial charge in [0.2, 0.25) is 0 Å². The number of rotatable bonds is 4. The fourth-order valence-electron chi connectivity index (χ4n) is 2.58. The summed E-state index contributed by atoms with van der Waals surface area (Å²) in [6.07, 6.45) is 4.52. The second-order valence-corrected chi connectivity index (χ2v) is 6.45. The number of fused-ring (bicyclic) bond motifs is 1. The van der Waals surface area contributed by atoms with E-state index in [0.717, 1.165) is 43.7 Å². The molecule has 3 rings (SSSR count). The molecule has 0 bridgehead atoms. The second kappa shape index (κ2) is 6.20. The Balaban J connectivity index is 1.69. The summed E-state index contributed by atoms with van der Waals surface area (Å²) in [6.45, 7) is 2.88. The van der Waals surface area contributed by atoms with Crippen LogP contribution in [0.2, 0.25) is 0 Å². The molecule has 0 unspecified atom stereocenters. The largest absolute Gasteiger partial charge is 0.377 e. The van der Waals surface area contributed by atoms with Gasteiger partial charge in [-0.15, -0.1) is 11.3 Å². The van der Waals surface area contributed by atoms with Gasteiger partial charge in [0.25, 0.3) is 0 Å². The number of hydrogen-bond donors (Lipinski definition) is 0. The Bertz CT molecular complexity index is 537. The van der Waals surface area contributed by atoms with Gasteiger partial charge in [-0.25, -0.2) is 4.98 Å². The number of alkyl halides is 1. The molecular formula is C14H17BrN2OS. The van der Waals surface area contributed by atoms with Crippen LogP contribution in [0.1, 0.15) is 12.8 Å². The quantitative estimate of drug-likeness (QED) is 0.794. The maximum absolute atomic E-state index is 5.80. The normalized spacial score (nSPS) is 17.2. The molecule has 0 atom stereocenters. The van der Waals surface area contributed by atoms with E-state index in [1.165, 1.54) is 10.1 Å². The minimum atomic E-state index is 0.412. The van der Waals surface area contributed by atoms with Crippen LogP contribution >= 0.6 is 27.3 Å². The lowest BCUT2D eigenvalue weighted by atomic mass is 10.1. The highest BCUT2D eigenvalue weighted by Crippen LogP contribution is 2.30. The van der Waals surface area contributed by atoms with Crippen molar-refractivity contribution in [3.63, 3.8) is 0 Å². The molecule has 1 fully saturated rings. The lowest BCUT2D eigenvalue weighted by Crippen LogP contribution is -2.37. The van der Waals surface area contributed by atoms with Gasteiger partial charge < -0.3 is 9.64 Å². The summed E-state index contributed by atoms with van der Waals surface area (Å²) in [7, 11) is 0. The zero-order valence-electron chi connectivity index (χ0n) is 10.7. The topological polar surface area (TPSA) is 25.4 Å².